The van der Waals surface area contributed by atoms with E-state index in [1.54, 1.807) is 91.0 Å². The fraction of sp³-hybridized carbons (Fsp3) is 0.0417. The highest BCUT2D eigenvalue weighted by Crippen LogP contribution is 2.35. The van der Waals surface area contributed by atoms with E-state index in [9.17, 15) is 13.2 Å². The van der Waals surface area contributed by atoms with Gasteiger partial charge in [0.05, 0.1) is 11.3 Å². The van der Waals surface area contributed by atoms with Gasteiger partial charge in [0.1, 0.15) is 0 Å². The molecule has 0 amide bonds. The van der Waals surface area contributed by atoms with Crippen LogP contribution in [-0.2, 0) is 6.18 Å². The summed E-state index contributed by atoms with van der Waals surface area (Å²) in [6.45, 7) is 0. The minimum Gasteiger partial charge on any atom is -0.412 e. The SMILES string of the molecule is FC(Oc1cc(C(F)(F)F)nn1-c1ccccc1)=C(c1ccccc1)c1ccccc1. The molecule has 0 atom stereocenters. The Labute approximate surface area is 175 Å². The van der Waals surface area contributed by atoms with Gasteiger partial charge in [0.15, 0.2) is 5.69 Å². The molecule has 0 spiro atoms. The van der Waals surface area contributed by atoms with Crippen LogP contribution < -0.4 is 4.74 Å². The maximum Gasteiger partial charge on any atom is 0.435 e. The number of alkyl halides is 3. The van der Waals surface area contributed by atoms with Crippen LogP contribution in [0.1, 0.15) is 16.8 Å². The molecule has 0 N–H and O–H groups in total. The molecule has 156 valence electrons. The lowest BCUT2D eigenvalue weighted by molar-refractivity contribution is -0.141. The summed E-state index contributed by atoms with van der Waals surface area (Å²) in [5.74, 6) is -0.389. The summed E-state index contributed by atoms with van der Waals surface area (Å²) in [6, 6.07) is 25.0. The summed E-state index contributed by atoms with van der Waals surface area (Å²) in [5, 5.41) is 3.59. The Morgan fingerprint density at radius 1 is 0.742 bits per heavy atom. The van der Waals surface area contributed by atoms with E-state index in [0.717, 1.165) is 4.68 Å². The van der Waals surface area contributed by atoms with Crippen LogP contribution in [0.25, 0.3) is 11.3 Å². The number of ether oxygens (including phenoxy) is 1. The van der Waals surface area contributed by atoms with E-state index < -0.39 is 17.9 Å². The maximum absolute atomic E-state index is 15.5. The molecular formula is C24H16F4N2O. The lowest BCUT2D eigenvalue weighted by atomic mass is 9.99. The van der Waals surface area contributed by atoms with Crippen molar-refractivity contribution in [2.45, 2.75) is 6.18 Å². The quantitative estimate of drug-likeness (QED) is 0.265. The van der Waals surface area contributed by atoms with Crippen LogP contribution in [0.15, 0.2) is 103 Å². The summed E-state index contributed by atoms with van der Waals surface area (Å²) in [7, 11) is 0. The zero-order valence-corrected chi connectivity index (χ0v) is 16.1. The first kappa shape index (κ1) is 20.4. The summed E-state index contributed by atoms with van der Waals surface area (Å²) in [6.07, 6.45) is -4.71. The average molecular weight is 424 g/mol. The monoisotopic (exact) mass is 424 g/mol. The van der Waals surface area contributed by atoms with E-state index in [1.165, 1.54) is 0 Å². The first-order chi connectivity index (χ1) is 14.9. The van der Waals surface area contributed by atoms with Gasteiger partial charge < -0.3 is 4.74 Å². The summed E-state index contributed by atoms with van der Waals surface area (Å²) in [4.78, 5) is 0. The molecule has 4 rings (SSSR count). The van der Waals surface area contributed by atoms with Crippen LogP contribution in [0.4, 0.5) is 17.6 Å². The van der Waals surface area contributed by atoms with Crippen molar-refractivity contribution in [3.8, 4) is 11.6 Å². The summed E-state index contributed by atoms with van der Waals surface area (Å²) >= 11 is 0. The van der Waals surface area contributed by atoms with Crippen molar-refractivity contribution in [1.82, 2.24) is 9.78 Å². The molecule has 0 radical (unpaired) electrons. The van der Waals surface area contributed by atoms with E-state index >= 15 is 4.39 Å². The number of benzene rings is 3. The smallest absolute Gasteiger partial charge is 0.412 e. The molecule has 1 aromatic heterocycles. The number of halogens is 4. The molecule has 0 saturated carbocycles. The number of nitrogens with zero attached hydrogens (tertiary/aromatic N) is 2. The van der Waals surface area contributed by atoms with Crippen LogP contribution in [0, 0.1) is 0 Å². The summed E-state index contributed by atoms with van der Waals surface area (Å²) in [5.41, 5.74) is 0.290. The highest BCUT2D eigenvalue weighted by molar-refractivity contribution is 5.80. The molecule has 0 aliphatic carbocycles. The molecular weight excluding hydrogens is 408 g/mol. The minimum atomic E-state index is -4.71. The molecule has 7 heteroatoms. The third-order valence-electron chi connectivity index (χ3n) is 4.48. The van der Waals surface area contributed by atoms with Gasteiger partial charge in [0, 0.05) is 6.07 Å². The van der Waals surface area contributed by atoms with E-state index in [1.807, 2.05) is 0 Å². The van der Waals surface area contributed by atoms with Gasteiger partial charge in [-0.2, -0.15) is 22.7 Å². The number of aromatic nitrogens is 2. The molecule has 1 heterocycles. The van der Waals surface area contributed by atoms with Crippen LogP contribution >= 0.6 is 0 Å². The Morgan fingerprint density at radius 2 is 1.23 bits per heavy atom. The predicted octanol–water partition coefficient (Wildman–Crippen LogP) is 6.66. The molecule has 3 nitrogen and oxygen atoms in total. The zero-order valence-electron chi connectivity index (χ0n) is 16.1. The Bertz CT molecular complexity index is 1140. The third kappa shape index (κ3) is 4.50. The molecule has 3 aromatic carbocycles. The van der Waals surface area contributed by atoms with Crippen molar-refractivity contribution in [3.05, 3.63) is 120 Å². The van der Waals surface area contributed by atoms with Gasteiger partial charge in [-0.25, -0.2) is 4.68 Å². The number of para-hydroxylation sites is 1. The normalized spacial score (nSPS) is 11.2. The zero-order chi connectivity index (χ0) is 21.8. The molecule has 0 fully saturated rings. The molecule has 0 bridgehead atoms. The van der Waals surface area contributed by atoms with Crippen molar-refractivity contribution in [1.29, 1.82) is 0 Å². The van der Waals surface area contributed by atoms with Gasteiger partial charge in [-0.3, -0.25) is 0 Å². The van der Waals surface area contributed by atoms with E-state index in [4.69, 9.17) is 4.74 Å². The molecule has 0 aliphatic heterocycles. The highest BCUT2D eigenvalue weighted by atomic mass is 19.4. The Balaban J connectivity index is 1.84. The summed E-state index contributed by atoms with van der Waals surface area (Å²) < 4.78 is 61.6. The first-order valence-electron chi connectivity index (χ1n) is 9.34. The topological polar surface area (TPSA) is 27.1 Å². The Morgan fingerprint density at radius 3 is 1.71 bits per heavy atom. The van der Waals surface area contributed by atoms with Crippen molar-refractivity contribution in [2.75, 3.05) is 0 Å². The lowest BCUT2D eigenvalue weighted by Gasteiger charge is -2.12. The number of rotatable bonds is 5. The van der Waals surface area contributed by atoms with Crippen molar-refractivity contribution < 1.29 is 22.3 Å². The van der Waals surface area contributed by atoms with Crippen LogP contribution in [-0.4, -0.2) is 9.78 Å². The predicted molar refractivity (Wildman–Crippen MR) is 109 cm³/mol. The maximum atomic E-state index is 15.5. The largest absolute Gasteiger partial charge is 0.435 e. The fourth-order valence-electron chi connectivity index (χ4n) is 3.08. The van der Waals surface area contributed by atoms with Crippen LogP contribution in [0.5, 0.6) is 5.88 Å². The Hall–Kier alpha value is -3.87. The third-order valence-corrected chi connectivity index (χ3v) is 4.48. The van der Waals surface area contributed by atoms with E-state index in [-0.39, 0.29) is 11.5 Å². The highest BCUT2D eigenvalue weighted by Gasteiger charge is 2.36. The van der Waals surface area contributed by atoms with Crippen molar-refractivity contribution >= 4 is 5.57 Å². The lowest BCUT2D eigenvalue weighted by Crippen LogP contribution is -2.07. The molecule has 31 heavy (non-hydrogen) atoms. The van der Waals surface area contributed by atoms with Gasteiger partial charge in [0.25, 0.3) is 6.01 Å². The second-order valence-corrected chi connectivity index (χ2v) is 6.60. The van der Waals surface area contributed by atoms with Crippen molar-refractivity contribution in [3.63, 3.8) is 0 Å². The fourth-order valence-corrected chi connectivity index (χ4v) is 3.08. The second kappa shape index (κ2) is 8.47. The van der Waals surface area contributed by atoms with E-state index in [0.29, 0.717) is 22.9 Å². The average Bonchev–Trinajstić information content (AvgIpc) is 3.20. The molecule has 0 saturated heterocycles. The molecule has 0 unspecified atom stereocenters. The van der Waals surface area contributed by atoms with E-state index in [2.05, 4.69) is 5.10 Å². The minimum absolute atomic E-state index is 0.121. The molecule has 0 aliphatic rings. The van der Waals surface area contributed by atoms with Crippen molar-refractivity contribution in [2.24, 2.45) is 0 Å². The molecule has 4 aromatic rings. The van der Waals surface area contributed by atoms with Gasteiger partial charge in [0.2, 0.25) is 5.88 Å². The van der Waals surface area contributed by atoms with Crippen LogP contribution in [0.2, 0.25) is 0 Å². The number of hydrogen-bond acceptors (Lipinski definition) is 2. The van der Waals surface area contributed by atoms with Gasteiger partial charge in [-0.1, -0.05) is 78.9 Å². The first-order valence-corrected chi connectivity index (χ1v) is 9.34. The standard InChI is InChI=1S/C24H16F4N2O/c25-23(22(17-10-4-1-5-11-17)18-12-6-2-7-13-18)31-21-16-20(24(26,27)28)29-30(21)19-14-8-3-9-15-19/h1-16H. The van der Waals surface area contributed by atoms with Gasteiger partial charge >= 0.3 is 6.18 Å². The van der Waals surface area contributed by atoms with Gasteiger partial charge in [-0.05, 0) is 23.3 Å². The van der Waals surface area contributed by atoms with Gasteiger partial charge in [-0.15, -0.1) is 0 Å². The Kier molecular flexibility index (Phi) is 5.58. The number of hydrogen-bond donors (Lipinski definition) is 0. The second-order valence-electron chi connectivity index (χ2n) is 6.60. The van der Waals surface area contributed by atoms with Crippen LogP contribution in [0.3, 0.4) is 0 Å².